The minimum Gasteiger partial charge on any atom is -0.484 e. The number of aromatic nitrogens is 2. The maximum atomic E-state index is 12.0. The first kappa shape index (κ1) is 18.6. The smallest absolute Gasteiger partial charge is 0.322 e. The summed E-state index contributed by atoms with van der Waals surface area (Å²) in [5, 5.41) is 10.4. The van der Waals surface area contributed by atoms with Gasteiger partial charge in [-0.15, -0.1) is 5.10 Å². The molecule has 3 rings (SSSR count). The third-order valence-corrected chi connectivity index (χ3v) is 4.07. The van der Waals surface area contributed by atoms with Gasteiger partial charge in [0, 0.05) is 0 Å². The van der Waals surface area contributed by atoms with Gasteiger partial charge in [0.1, 0.15) is 5.75 Å². The van der Waals surface area contributed by atoms with E-state index >= 15 is 0 Å². The number of hydrogen-bond donors (Lipinski definition) is 1. The Hall–Kier alpha value is -3.15. The normalized spacial score (nSPS) is 10.8. The summed E-state index contributed by atoms with van der Waals surface area (Å²) in [4.78, 5) is 12.0. The summed E-state index contributed by atoms with van der Waals surface area (Å²) in [6.45, 7) is 6.15. The predicted octanol–water partition coefficient (Wildman–Crippen LogP) is 4.11. The lowest BCUT2D eigenvalue weighted by Crippen LogP contribution is -2.20. The molecule has 2 aromatic carbocycles. The van der Waals surface area contributed by atoms with Crippen molar-refractivity contribution in [1.82, 2.24) is 10.2 Å². The number of carbonyl (C=O) groups is 1. The molecule has 1 heterocycles. The first-order valence-corrected chi connectivity index (χ1v) is 8.90. The van der Waals surface area contributed by atoms with Crippen LogP contribution in [0.2, 0.25) is 0 Å². The van der Waals surface area contributed by atoms with Crippen LogP contribution >= 0.6 is 0 Å². The van der Waals surface area contributed by atoms with Crippen LogP contribution in [0.4, 0.5) is 6.01 Å². The van der Waals surface area contributed by atoms with Crippen LogP contribution in [0.25, 0.3) is 0 Å². The number of rotatable bonds is 7. The highest BCUT2D eigenvalue weighted by Gasteiger charge is 2.11. The van der Waals surface area contributed by atoms with Crippen molar-refractivity contribution in [3.8, 4) is 5.75 Å². The van der Waals surface area contributed by atoms with Crippen molar-refractivity contribution in [2.24, 2.45) is 0 Å². The highest BCUT2D eigenvalue weighted by Crippen LogP contribution is 2.17. The van der Waals surface area contributed by atoms with Crippen molar-refractivity contribution in [2.45, 2.75) is 33.1 Å². The Morgan fingerprint density at radius 1 is 1.15 bits per heavy atom. The van der Waals surface area contributed by atoms with Crippen molar-refractivity contribution < 1.29 is 13.9 Å². The Kier molecular flexibility index (Phi) is 5.86. The zero-order chi connectivity index (χ0) is 19.2. The Labute approximate surface area is 158 Å². The summed E-state index contributed by atoms with van der Waals surface area (Å²) in [5.74, 6) is 1.22. The molecule has 1 N–H and O–H groups in total. The monoisotopic (exact) mass is 365 g/mol. The van der Waals surface area contributed by atoms with Crippen molar-refractivity contribution in [1.29, 1.82) is 0 Å². The van der Waals surface area contributed by atoms with E-state index in [1.807, 2.05) is 37.3 Å². The number of amides is 1. The van der Waals surface area contributed by atoms with E-state index in [1.54, 1.807) is 6.07 Å². The van der Waals surface area contributed by atoms with E-state index in [1.165, 1.54) is 5.56 Å². The lowest BCUT2D eigenvalue weighted by molar-refractivity contribution is -0.118. The van der Waals surface area contributed by atoms with Gasteiger partial charge in [-0.2, -0.15) is 0 Å². The summed E-state index contributed by atoms with van der Waals surface area (Å²) in [6, 6.07) is 15.9. The molecule has 6 nitrogen and oxygen atoms in total. The fourth-order valence-corrected chi connectivity index (χ4v) is 2.58. The lowest BCUT2D eigenvalue weighted by Gasteiger charge is -2.06. The van der Waals surface area contributed by atoms with Gasteiger partial charge in [-0.1, -0.05) is 55.3 Å². The third-order valence-electron chi connectivity index (χ3n) is 4.07. The van der Waals surface area contributed by atoms with Gasteiger partial charge in [0.05, 0.1) is 6.42 Å². The van der Waals surface area contributed by atoms with Crippen LogP contribution in [0.3, 0.4) is 0 Å². The van der Waals surface area contributed by atoms with Gasteiger partial charge in [0.25, 0.3) is 5.91 Å². The quantitative estimate of drug-likeness (QED) is 0.682. The van der Waals surface area contributed by atoms with Crippen LogP contribution in [0.15, 0.2) is 52.9 Å². The fraction of sp³-hybridized carbons (Fsp3) is 0.286. The molecule has 1 amide bonds. The number of ether oxygens (including phenoxy) is 1. The molecule has 3 aromatic rings. The summed E-state index contributed by atoms with van der Waals surface area (Å²) >= 11 is 0. The van der Waals surface area contributed by atoms with Crippen LogP contribution in [-0.2, 0) is 11.2 Å². The molecule has 0 saturated carbocycles. The SMILES string of the molecule is Cc1cccc(OCC(=O)Nc2nnc(Cc3ccc(C(C)C)cc3)o2)c1. The summed E-state index contributed by atoms with van der Waals surface area (Å²) in [5.41, 5.74) is 3.42. The fourth-order valence-electron chi connectivity index (χ4n) is 2.58. The number of hydrogen-bond acceptors (Lipinski definition) is 5. The topological polar surface area (TPSA) is 77.2 Å². The molecule has 27 heavy (non-hydrogen) atoms. The molecule has 0 unspecified atom stereocenters. The van der Waals surface area contributed by atoms with Crippen LogP contribution < -0.4 is 10.1 Å². The number of carbonyl (C=O) groups excluding carboxylic acids is 1. The number of benzene rings is 2. The maximum Gasteiger partial charge on any atom is 0.322 e. The zero-order valence-corrected chi connectivity index (χ0v) is 15.7. The maximum absolute atomic E-state index is 12.0. The van der Waals surface area contributed by atoms with E-state index in [9.17, 15) is 4.79 Å². The van der Waals surface area contributed by atoms with Gasteiger partial charge in [-0.3, -0.25) is 10.1 Å². The molecule has 0 bridgehead atoms. The second-order valence-corrected chi connectivity index (χ2v) is 6.73. The van der Waals surface area contributed by atoms with Gasteiger partial charge >= 0.3 is 6.01 Å². The Morgan fingerprint density at radius 2 is 1.93 bits per heavy atom. The van der Waals surface area contributed by atoms with Crippen molar-refractivity contribution in [3.05, 3.63) is 71.1 Å². The molecule has 1 aromatic heterocycles. The molecule has 0 aliphatic carbocycles. The minimum absolute atomic E-state index is 0.0710. The molecule has 0 saturated heterocycles. The first-order valence-electron chi connectivity index (χ1n) is 8.90. The second kappa shape index (κ2) is 8.49. The summed E-state index contributed by atoms with van der Waals surface area (Å²) < 4.78 is 10.9. The molecule has 140 valence electrons. The molecule has 0 spiro atoms. The molecule has 0 fully saturated rings. The van der Waals surface area contributed by atoms with E-state index in [0.29, 0.717) is 24.0 Å². The lowest BCUT2D eigenvalue weighted by atomic mass is 10.0. The average molecular weight is 365 g/mol. The van der Waals surface area contributed by atoms with Crippen LogP contribution in [0.1, 0.15) is 42.3 Å². The average Bonchev–Trinajstić information content (AvgIpc) is 3.07. The number of anilines is 1. The van der Waals surface area contributed by atoms with E-state index in [0.717, 1.165) is 11.1 Å². The molecule has 0 aliphatic heterocycles. The number of nitrogens with one attached hydrogen (secondary N) is 1. The molecular weight excluding hydrogens is 342 g/mol. The van der Waals surface area contributed by atoms with Crippen LogP contribution in [0, 0.1) is 6.92 Å². The minimum atomic E-state index is -0.354. The van der Waals surface area contributed by atoms with Gasteiger partial charge in [-0.25, -0.2) is 0 Å². The summed E-state index contributed by atoms with van der Waals surface area (Å²) in [7, 11) is 0. The van der Waals surface area contributed by atoms with E-state index in [-0.39, 0.29) is 18.5 Å². The largest absolute Gasteiger partial charge is 0.484 e. The molecular formula is C21H23N3O3. The van der Waals surface area contributed by atoms with Gasteiger partial charge in [0.2, 0.25) is 5.89 Å². The predicted molar refractivity (Wildman–Crippen MR) is 103 cm³/mol. The Bertz CT molecular complexity index is 901. The Balaban J connectivity index is 1.52. The number of aryl methyl sites for hydroxylation is 1. The summed E-state index contributed by atoms with van der Waals surface area (Å²) in [6.07, 6.45) is 0.515. The van der Waals surface area contributed by atoms with E-state index < -0.39 is 0 Å². The highest BCUT2D eigenvalue weighted by atomic mass is 16.5. The molecule has 0 atom stereocenters. The van der Waals surface area contributed by atoms with Gasteiger partial charge in [0.15, 0.2) is 6.61 Å². The van der Waals surface area contributed by atoms with Crippen LogP contribution in [-0.4, -0.2) is 22.7 Å². The number of nitrogens with zero attached hydrogens (tertiary/aromatic N) is 2. The first-order chi connectivity index (χ1) is 13.0. The van der Waals surface area contributed by atoms with Crippen molar-refractivity contribution >= 4 is 11.9 Å². The molecule has 6 heteroatoms. The second-order valence-electron chi connectivity index (χ2n) is 6.73. The standard InChI is InChI=1S/C21H23N3O3/c1-14(2)17-9-7-16(8-10-17)12-20-23-24-21(27-20)22-19(25)13-26-18-6-4-5-15(3)11-18/h4-11,14H,12-13H2,1-3H3,(H,22,24,25). The van der Waals surface area contributed by atoms with E-state index in [2.05, 4.69) is 41.5 Å². The van der Waals surface area contributed by atoms with Crippen LogP contribution in [0.5, 0.6) is 5.75 Å². The van der Waals surface area contributed by atoms with Gasteiger partial charge < -0.3 is 9.15 Å². The molecule has 0 aliphatic rings. The molecule has 0 radical (unpaired) electrons. The Morgan fingerprint density at radius 3 is 2.63 bits per heavy atom. The highest BCUT2D eigenvalue weighted by molar-refractivity contribution is 5.89. The zero-order valence-electron chi connectivity index (χ0n) is 15.7. The van der Waals surface area contributed by atoms with Crippen molar-refractivity contribution in [2.75, 3.05) is 11.9 Å². The third kappa shape index (κ3) is 5.41. The van der Waals surface area contributed by atoms with E-state index in [4.69, 9.17) is 9.15 Å². The van der Waals surface area contributed by atoms with Gasteiger partial charge in [-0.05, 0) is 41.7 Å². The van der Waals surface area contributed by atoms with Crippen molar-refractivity contribution in [3.63, 3.8) is 0 Å².